The number of benzene rings is 1. The molecule has 0 radical (unpaired) electrons. The van der Waals surface area contributed by atoms with Crippen LogP contribution in [-0.2, 0) is 29.7 Å². The van der Waals surface area contributed by atoms with Gasteiger partial charge in [-0.1, -0.05) is 18.2 Å². The van der Waals surface area contributed by atoms with Gasteiger partial charge in [-0.3, -0.25) is 14.4 Å². The Morgan fingerprint density at radius 1 is 1.17 bits per heavy atom. The van der Waals surface area contributed by atoms with E-state index < -0.39 is 0 Å². The molecule has 1 aliphatic carbocycles. The molecule has 0 spiro atoms. The molecule has 3 heterocycles. The molecule has 2 unspecified atom stereocenters. The summed E-state index contributed by atoms with van der Waals surface area (Å²) in [4.78, 5) is 39.8. The molecule has 2 aliphatic rings. The highest BCUT2D eigenvalue weighted by atomic mass is 16.2. The molecule has 2 atom stereocenters. The first-order valence-electron chi connectivity index (χ1n) is 12.9. The van der Waals surface area contributed by atoms with E-state index in [1.165, 1.54) is 6.92 Å². The largest absolute Gasteiger partial charge is 0.355 e. The van der Waals surface area contributed by atoms with Gasteiger partial charge >= 0.3 is 0 Å². The van der Waals surface area contributed by atoms with Crippen LogP contribution in [0.15, 0.2) is 53.6 Å². The summed E-state index contributed by atoms with van der Waals surface area (Å²) in [7, 11) is 1.75. The standard InChI is InChI=1S/C28H35N5O3/c1-19(34)30-12-14-32-17-21(24-5-3-4-6-26(24)32)18-33(22-7-8-22)28(36)25-16-29-11-9-23(25)20-10-13-31(2)27(35)15-20/h3-6,10,13,15,17,22-23,25,29H,7-9,11-12,14,16,18H2,1-2H3,(H,30,34). The molecule has 2 aromatic heterocycles. The number of fused-ring (bicyclic) bond motifs is 1. The van der Waals surface area contributed by atoms with E-state index >= 15 is 0 Å². The van der Waals surface area contributed by atoms with Crippen LogP contribution in [0.1, 0.15) is 43.2 Å². The molecule has 0 bridgehead atoms. The van der Waals surface area contributed by atoms with Gasteiger partial charge in [-0.05, 0) is 55.0 Å². The number of amides is 2. The summed E-state index contributed by atoms with van der Waals surface area (Å²) in [6, 6.07) is 12.2. The van der Waals surface area contributed by atoms with Crippen molar-refractivity contribution >= 4 is 22.7 Å². The Morgan fingerprint density at radius 2 is 1.97 bits per heavy atom. The Bertz CT molecular complexity index is 1320. The summed E-state index contributed by atoms with van der Waals surface area (Å²) in [5.74, 6) is -0.0259. The average molecular weight is 490 g/mol. The Labute approximate surface area is 211 Å². The number of rotatable bonds is 8. The molecule has 190 valence electrons. The quantitative estimate of drug-likeness (QED) is 0.509. The molecule has 1 aliphatic heterocycles. The number of nitrogens with zero attached hydrogens (tertiary/aromatic N) is 3. The summed E-state index contributed by atoms with van der Waals surface area (Å²) in [5, 5.41) is 7.43. The summed E-state index contributed by atoms with van der Waals surface area (Å²) >= 11 is 0. The van der Waals surface area contributed by atoms with Crippen LogP contribution < -0.4 is 16.2 Å². The zero-order valence-corrected chi connectivity index (χ0v) is 21.1. The number of carbonyl (C=O) groups excluding carboxylic acids is 2. The SMILES string of the molecule is CC(=O)NCCn1cc(CN(C(=O)C2CNCCC2c2ccn(C)c(=O)c2)C2CC2)c2ccccc21. The van der Waals surface area contributed by atoms with Gasteiger partial charge in [0.25, 0.3) is 5.56 Å². The summed E-state index contributed by atoms with van der Waals surface area (Å²) in [6.45, 7) is 4.80. The number of nitrogens with one attached hydrogen (secondary N) is 2. The fourth-order valence-corrected chi connectivity index (χ4v) is 5.47. The van der Waals surface area contributed by atoms with E-state index in [0.717, 1.165) is 47.8 Å². The number of hydrogen-bond donors (Lipinski definition) is 2. The van der Waals surface area contributed by atoms with Crippen molar-refractivity contribution in [3.8, 4) is 0 Å². The highest BCUT2D eigenvalue weighted by Crippen LogP contribution is 2.36. The first-order valence-corrected chi connectivity index (χ1v) is 12.9. The van der Waals surface area contributed by atoms with E-state index in [0.29, 0.717) is 26.2 Å². The number of piperidine rings is 1. The van der Waals surface area contributed by atoms with Crippen LogP contribution in [-0.4, -0.2) is 51.5 Å². The van der Waals surface area contributed by atoms with Crippen LogP contribution in [0.3, 0.4) is 0 Å². The second kappa shape index (κ2) is 10.3. The number of aryl methyl sites for hydroxylation is 1. The van der Waals surface area contributed by atoms with Gasteiger partial charge in [0.15, 0.2) is 0 Å². The van der Waals surface area contributed by atoms with Gasteiger partial charge in [0.05, 0.1) is 5.92 Å². The molecule has 1 saturated heterocycles. The maximum atomic E-state index is 14.1. The van der Waals surface area contributed by atoms with Crippen LogP contribution in [0.5, 0.6) is 0 Å². The van der Waals surface area contributed by atoms with E-state index in [1.54, 1.807) is 23.9 Å². The highest BCUT2D eigenvalue weighted by Gasteiger charge is 2.40. The molecule has 2 fully saturated rings. The molecular weight excluding hydrogens is 454 g/mol. The highest BCUT2D eigenvalue weighted by molar-refractivity contribution is 5.86. The number of hydrogen-bond acceptors (Lipinski definition) is 4. The van der Waals surface area contributed by atoms with E-state index in [-0.39, 0.29) is 35.3 Å². The zero-order chi connectivity index (χ0) is 25.2. The Balaban J connectivity index is 1.41. The average Bonchev–Trinajstić information content (AvgIpc) is 3.66. The van der Waals surface area contributed by atoms with Gasteiger partial charge in [0.1, 0.15) is 0 Å². The Morgan fingerprint density at radius 3 is 2.72 bits per heavy atom. The van der Waals surface area contributed by atoms with Crippen molar-refractivity contribution in [3.63, 3.8) is 0 Å². The molecular formula is C28H35N5O3. The lowest BCUT2D eigenvalue weighted by Crippen LogP contribution is -2.47. The van der Waals surface area contributed by atoms with E-state index in [2.05, 4.69) is 38.4 Å². The molecule has 1 saturated carbocycles. The second-order valence-electron chi connectivity index (χ2n) is 10.2. The maximum Gasteiger partial charge on any atom is 0.250 e. The van der Waals surface area contributed by atoms with Gasteiger partial charge in [0.2, 0.25) is 11.8 Å². The lowest BCUT2D eigenvalue weighted by atomic mass is 9.80. The monoisotopic (exact) mass is 489 g/mol. The van der Waals surface area contributed by atoms with Crippen LogP contribution in [0.2, 0.25) is 0 Å². The minimum absolute atomic E-state index is 0.0351. The van der Waals surface area contributed by atoms with Gasteiger partial charge < -0.3 is 24.7 Å². The third kappa shape index (κ3) is 5.09. The van der Waals surface area contributed by atoms with Crippen molar-refractivity contribution < 1.29 is 9.59 Å². The first-order chi connectivity index (χ1) is 17.4. The van der Waals surface area contributed by atoms with Gasteiger partial charge in [0, 0.05) is 75.6 Å². The maximum absolute atomic E-state index is 14.1. The summed E-state index contributed by atoms with van der Waals surface area (Å²) in [6.07, 6.45) is 6.83. The van der Waals surface area contributed by atoms with Crippen LogP contribution >= 0.6 is 0 Å². The predicted molar refractivity (Wildman–Crippen MR) is 140 cm³/mol. The number of pyridine rings is 1. The van der Waals surface area contributed by atoms with E-state index in [1.807, 2.05) is 18.2 Å². The summed E-state index contributed by atoms with van der Waals surface area (Å²) < 4.78 is 3.74. The van der Waals surface area contributed by atoms with Crippen LogP contribution in [0, 0.1) is 5.92 Å². The topological polar surface area (TPSA) is 88.4 Å². The van der Waals surface area contributed by atoms with Crippen molar-refractivity contribution in [2.24, 2.45) is 13.0 Å². The third-order valence-corrected chi connectivity index (χ3v) is 7.56. The fourth-order valence-electron chi connectivity index (χ4n) is 5.47. The molecule has 8 nitrogen and oxygen atoms in total. The molecule has 5 rings (SSSR count). The van der Waals surface area contributed by atoms with Crippen LogP contribution in [0.4, 0.5) is 0 Å². The molecule has 2 N–H and O–H groups in total. The van der Waals surface area contributed by atoms with E-state index in [9.17, 15) is 14.4 Å². The van der Waals surface area contributed by atoms with Crippen molar-refractivity contribution in [3.05, 3.63) is 70.3 Å². The Hall–Kier alpha value is -3.39. The Kier molecular flexibility index (Phi) is 6.96. The smallest absolute Gasteiger partial charge is 0.250 e. The lowest BCUT2D eigenvalue weighted by Gasteiger charge is -2.35. The summed E-state index contributed by atoms with van der Waals surface area (Å²) in [5.41, 5.74) is 3.16. The van der Waals surface area contributed by atoms with Crippen molar-refractivity contribution in [1.29, 1.82) is 0 Å². The zero-order valence-electron chi connectivity index (χ0n) is 21.1. The fraction of sp³-hybridized carbons (Fsp3) is 0.464. The first kappa shape index (κ1) is 24.3. The van der Waals surface area contributed by atoms with Gasteiger partial charge in [-0.15, -0.1) is 0 Å². The second-order valence-corrected chi connectivity index (χ2v) is 10.2. The molecule has 8 heteroatoms. The van der Waals surface area contributed by atoms with Crippen LogP contribution in [0.25, 0.3) is 10.9 Å². The normalized spacial score (nSPS) is 19.8. The molecule has 1 aromatic carbocycles. The lowest BCUT2D eigenvalue weighted by molar-refractivity contribution is -0.138. The van der Waals surface area contributed by atoms with Crippen molar-refractivity contribution in [2.45, 2.75) is 51.2 Å². The van der Waals surface area contributed by atoms with Gasteiger partial charge in [-0.25, -0.2) is 0 Å². The minimum Gasteiger partial charge on any atom is -0.355 e. The van der Waals surface area contributed by atoms with E-state index in [4.69, 9.17) is 0 Å². The van der Waals surface area contributed by atoms with Gasteiger partial charge in [-0.2, -0.15) is 0 Å². The predicted octanol–water partition coefficient (Wildman–Crippen LogP) is 2.36. The van der Waals surface area contributed by atoms with Crippen molar-refractivity contribution in [1.82, 2.24) is 24.7 Å². The molecule has 3 aromatic rings. The molecule has 2 amide bonds. The minimum atomic E-state index is -0.195. The van der Waals surface area contributed by atoms with Crippen molar-refractivity contribution in [2.75, 3.05) is 19.6 Å². The number of para-hydroxylation sites is 1. The number of aromatic nitrogens is 2. The third-order valence-electron chi connectivity index (χ3n) is 7.56. The number of carbonyl (C=O) groups is 2. The molecule has 36 heavy (non-hydrogen) atoms.